The molecule has 0 bridgehead atoms. The highest BCUT2D eigenvalue weighted by Gasteiger charge is 2.12. The number of hydrogen-bond acceptors (Lipinski definition) is 10. The van der Waals surface area contributed by atoms with Crippen LogP contribution < -0.4 is 21.3 Å². The minimum Gasteiger partial charge on any atom is -0.494 e. The highest BCUT2D eigenvalue weighted by molar-refractivity contribution is 7.99. The quantitative estimate of drug-likeness (QED) is 0.137. The van der Waals surface area contributed by atoms with Crippen molar-refractivity contribution in [3.8, 4) is 5.75 Å². The third kappa shape index (κ3) is 6.18. The number of anilines is 2. The van der Waals surface area contributed by atoms with Crippen LogP contribution in [0.3, 0.4) is 0 Å². The van der Waals surface area contributed by atoms with E-state index in [2.05, 4.69) is 26.0 Å². The fourth-order valence-corrected chi connectivity index (χ4v) is 3.08. The van der Waals surface area contributed by atoms with Crippen molar-refractivity contribution in [2.24, 2.45) is 5.10 Å². The molecule has 0 atom stereocenters. The maximum atomic E-state index is 12.1. The molecule has 1 aromatic heterocycles. The summed E-state index contributed by atoms with van der Waals surface area (Å²) in [5.74, 6) is 6.61. The first-order valence-electron chi connectivity index (χ1n) is 9.35. The minimum atomic E-state index is -0.511. The number of aromatic nitrogens is 3. The number of ether oxygens (including phenoxy) is 1. The van der Waals surface area contributed by atoms with Gasteiger partial charge in [-0.1, -0.05) is 11.8 Å². The summed E-state index contributed by atoms with van der Waals surface area (Å²) in [5.41, 5.74) is 3.93. The second-order valence-electron chi connectivity index (χ2n) is 6.19. The maximum absolute atomic E-state index is 12.1. The molecule has 0 aliphatic carbocycles. The van der Waals surface area contributed by atoms with Gasteiger partial charge in [0.05, 0.1) is 23.5 Å². The topological polar surface area (TPSA) is 163 Å². The largest absolute Gasteiger partial charge is 0.494 e. The van der Waals surface area contributed by atoms with E-state index in [0.717, 1.165) is 23.1 Å². The Kier molecular flexibility index (Phi) is 7.59. The third-order valence-electron chi connectivity index (χ3n) is 3.93. The summed E-state index contributed by atoms with van der Waals surface area (Å²) in [6, 6.07) is 12.9. The smallest absolute Gasteiger partial charge is 0.269 e. The Hall–Kier alpha value is -4.13. The molecular weight excluding hydrogens is 436 g/mol. The summed E-state index contributed by atoms with van der Waals surface area (Å²) in [5, 5.41) is 25.5. The molecule has 0 saturated carbocycles. The van der Waals surface area contributed by atoms with E-state index in [1.165, 1.54) is 28.9 Å². The first-order chi connectivity index (χ1) is 15.5. The van der Waals surface area contributed by atoms with Crippen LogP contribution in [0.5, 0.6) is 5.75 Å². The number of benzene rings is 2. The van der Waals surface area contributed by atoms with Crippen molar-refractivity contribution in [1.82, 2.24) is 14.9 Å². The van der Waals surface area contributed by atoms with Gasteiger partial charge in [0.15, 0.2) is 0 Å². The Balaban J connectivity index is 1.49. The molecule has 166 valence electrons. The van der Waals surface area contributed by atoms with E-state index >= 15 is 0 Å². The van der Waals surface area contributed by atoms with E-state index in [1.807, 2.05) is 31.2 Å². The molecule has 0 fully saturated rings. The number of nitrogen functional groups attached to an aromatic ring is 1. The number of nitrogens with zero attached hydrogens (tertiary/aromatic N) is 5. The van der Waals surface area contributed by atoms with Gasteiger partial charge in [-0.25, -0.2) is 10.1 Å². The van der Waals surface area contributed by atoms with Gasteiger partial charge in [-0.15, -0.1) is 10.2 Å². The fraction of sp³-hybridized carbons (Fsp3) is 0.158. The number of amides is 1. The van der Waals surface area contributed by atoms with Gasteiger partial charge in [0.2, 0.25) is 11.1 Å². The number of non-ortho nitro benzene ring substituents is 1. The van der Waals surface area contributed by atoms with Gasteiger partial charge in [-0.3, -0.25) is 14.9 Å². The number of carbonyl (C=O) groups excluding carboxylic acids is 1. The molecule has 3 rings (SSSR count). The molecule has 0 aliphatic rings. The molecule has 0 aliphatic heterocycles. The monoisotopic (exact) mass is 456 g/mol. The minimum absolute atomic E-state index is 0.0156. The van der Waals surface area contributed by atoms with E-state index in [-0.39, 0.29) is 23.3 Å². The molecule has 3 aromatic rings. The zero-order valence-corrected chi connectivity index (χ0v) is 17.8. The van der Waals surface area contributed by atoms with Gasteiger partial charge in [-0.2, -0.15) is 5.10 Å². The molecule has 4 N–H and O–H groups in total. The molecule has 0 spiro atoms. The Morgan fingerprint density at radius 2 is 1.97 bits per heavy atom. The number of hydrogen-bond donors (Lipinski definition) is 3. The number of nitro groups is 1. The highest BCUT2D eigenvalue weighted by Crippen LogP contribution is 2.19. The van der Waals surface area contributed by atoms with Crippen molar-refractivity contribution in [3.05, 3.63) is 64.2 Å². The predicted molar refractivity (Wildman–Crippen MR) is 121 cm³/mol. The number of nitrogens with one attached hydrogen (secondary N) is 2. The molecule has 13 heteroatoms. The summed E-state index contributed by atoms with van der Waals surface area (Å²) in [4.78, 5) is 22.3. The van der Waals surface area contributed by atoms with Crippen molar-refractivity contribution < 1.29 is 14.5 Å². The van der Waals surface area contributed by atoms with Crippen LogP contribution in [0.15, 0.2) is 58.8 Å². The van der Waals surface area contributed by atoms with Crippen LogP contribution in [0.1, 0.15) is 12.5 Å². The van der Waals surface area contributed by atoms with Gasteiger partial charge < -0.3 is 15.9 Å². The second-order valence-corrected chi connectivity index (χ2v) is 7.13. The van der Waals surface area contributed by atoms with Crippen molar-refractivity contribution in [1.29, 1.82) is 0 Å². The predicted octanol–water partition coefficient (Wildman–Crippen LogP) is 2.48. The Bertz CT molecular complexity index is 1100. The number of rotatable bonds is 10. The Labute approximate surface area is 187 Å². The van der Waals surface area contributed by atoms with Gasteiger partial charge >= 0.3 is 0 Å². The van der Waals surface area contributed by atoms with Crippen LogP contribution in [0.2, 0.25) is 0 Å². The van der Waals surface area contributed by atoms with Crippen LogP contribution in [0.4, 0.5) is 17.3 Å². The molecule has 12 nitrogen and oxygen atoms in total. The van der Waals surface area contributed by atoms with Crippen molar-refractivity contribution in [2.45, 2.75) is 12.1 Å². The lowest BCUT2D eigenvalue weighted by Crippen LogP contribution is -2.16. The highest BCUT2D eigenvalue weighted by atomic mass is 32.2. The maximum Gasteiger partial charge on any atom is 0.269 e. The average molecular weight is 456 g/mol. The van der Waals surface area contributed by atoms with Crippen LogP contribution in [0, 0.1) is 10.1 Å². The molecule has 32 heavy (non-hydrogen) atoms. The third-order valence-corrected chi connectivity index (χ3v) is 4.87. The van der Waals surface area contributed by atoms with E-state index in [1.54, 1.807) is 6.21 Å². The SMILES string of the molecule is CCOc1ccc(/C=N/Nc2nnc(SCC(=O)Nc3ccc([N+](=O)[O-])cc3)n2N)cc1. The first-order valence-corrected chi connectivity index (χ1v) is 10.3. The molecule has 2 aromatic carbocycles. The van der Waals surface area contributed by atoms with E-state index < -0.39 is 4.92 Å². The normalized spacial score (nSPS) is 10.8. The van der Waals surface area contributed by atoms with Crippen molar-refractivity contribution in [2.75, 3.05) is 28.9 Å². The molecular formula is C19H20N8O4S. The standard InChI is InChI=1S/C19H20N8O4S/c1-2-31-16-9-3-13(4-10-16)11-21-23-18-24-25-19(26(18)20)32-12-17(28)22-14-5-7-15(8-6-14)27(29)30/h3-11H,2,12,20H2,1H3,(H,22,28)(H,23,24)/b21-11+. The molecule has 1 amide bonds. The van der Waals surface area contributed by atoms with Crippen LogP contribution in [-0.4, -0.2) is 44.3 Å². The van der Waals surface area contributed by atoms with Crippen LogP contribution in [0.25, 0.3) is 0 Å². The summed E-state index contributed by atoms with van der Waals surface area (Å²) in [7, 11) is 0. The summed E-state index contributed by atoms with van der Waals surface area (Å²) in [6.45, 7) is 2.51. The Morgan fingerprint density at radius 1 is 1.25 bits per heavy atom. The summed E-state index contributed by atoms with van der Waals surface area (Å²) < 4.78 is 6.57. The summed E-state index contributed by atoms with van der Waals surface area (Å²) in [6.07, 6.45) is 1.59. The second kappa shape index (κ2) is 10.8. The molecule has 0 radical (unpaired) electrons. The number of thioether (sulfide) groups is 1. The number of nitrogens with two attached hydrogens (primary N) is 1. The van der Waals surface area contributed by atoms with Gasteiger partial charge in [0.1, 0.15) is 5.75 Å². The zero-order chi connectivity index (χ0) is 22.9. The van der Waals surface area contributed by atoms with E-state index in [4.69, 9.17) is 10.6 Å². The van der Waals surface area contributed by atoms with Gasteiger partial charge in [0, 0.05) is 17.8 Å². The molecule has 1 heterocycles. The van der Waals surface area contributed by atoms with E-state index in [0.29, 0.717) is 17.5 Å². The lowest BCUT2D eigenvalue weighted by molar-refractivity contribution is -0.384. The lowest BCUT2D eigenvalue weighted by atomic mass is 10.2. The fourth-order valence-electron chi connectivity index (χ4n) is 2.43. The van der Waals surface area contributed by atoms with Gasteiger partial charge in [0.25, 0.3) is 11.6 Å². The lowest BCUT2D eigenvalue weighted by Gasteiger charge is -2.05. The van der Waals surface area contributed by atoms with Crippen molar-refractivity contribution in [3.63, 3.8) is 0 Å². The van der Waals surface area contributed by atoms with Gasteiger partial charge in [-0.05, 0) is 48.9 Å². The molecule has 0 saturated heterocycles. The van der Waals surface area contributed by atoms with E-state index in [9.17, 15) is 14.9 Å². The van der Waals surface area contributed by atoms with Crippen LogP contribution in [-0.2, 0) is 4.79 Å². The number of hydrazone groups is 1. The van der Waals surface area contributed by atoms with Crippen LogP contribution >= 0.6 is 11.8 Å². The number of nitro benzene ring substituents is 1. The number of carbonyl (C=O) groups is 1. The first kappa shape index (κ1) is 22.6. The summed E-state index contributed by atoms with van der Waals surface area (Å²) >= 11 is 1.08. The van der Waals surface area contributed by atoms with Crippen molar-refractivity contribution >= 4 is 41.2 Å². The Morgan fingerprint density at radius 3 is 2.62 bits per heavy atom. The molecule has 0 unspecified atom stereocenters. The zero-order valence-electron chi connectivity index (χ0n) is 17.0. The average Bonchev–Trinajstić information content (AvgIpc) is 3.13.